The van der Waals surface area contributed by atoms with Gasteiger partial charge in [-0.3, -0.25) is 4.79 Å². The van der Waals surface area contributed by atoms with Crippen LogP contribution >= 0.6 is 11.8 Å². The summed E-state index contributed by atoms with van der Waals surface area (Å²) in [6.07, 6.45) is 5.80. The Hall–Kier alpha value is -2.52. The van der Waals surface area contributed by atoms with Gasteiger partial charge < -0.3 is 5.32 Å². The summed E-state index contributed by atoms with van der Waals surface area (Å²) in [6.45, 7) is 2.13. The fourth-order valence-corrected chi connectivity index (χ4v) is 4.94. The van der Waals surface area contributed by atoms with Gasteiger partial charge in [0.05, 0.1) is 6.04 Å². The van der Waals surface area contributed by atoms with Gasteiger partial charge in [-0.2, -0.15) is 0 Å². The molecule has 1 N–H and O–H groups in total. The van der Waals surface area contributed by atoms with E-state index >= 15 is 0 Å². The molecule has 1 amide bonds. The predicted octanol–water partition coefficient (Wildman–Crippen LogP) is 6.74. The monoisotopic (exact) mass is 415 g/mol. The van der Waals surface area contributed by atoms with Gasteiger partial charge in [0.2, 0.25) is 0 Å². The second-order valence-corrected chi connectivity index (χ2v) is 9.02. The Kier molecular flexibility index (Phi) is 6.91. The van der Waals surface area contributed by atoms with Crippen LogP contribution in [0, 0.1) is 0 Å². The smallest absolute Gasteiger partial charge is 0.251 e. The molecule has 0 bridgehead atoms. The number of hydrogen-bond donors (Lipinski definition) is 1. The van der Waals surface area contributed by atoms with Crippen molar-refractivity contribution in [3.05, 3.63) is 101 Å². The van der Waals surface area contributed by atoms with Crippen molar-refractivity contribution in [3.8, 4) is 0 Å². The minimum absolute atomic E-state index is 0.00170. The molecule has 1 aliphatic rings. The Labute approximate surface area is 184 Å². The Morgan fingerprint density at radius 3 is 2.40 bits per heavy atom. The van der Waals surface area contributed by atoms with Gasteiger partial charge in [0, 0.05) is 16.2 Å². The SMILES string of the molecule is CC[C@H](NC(=O)c1ccc(CSc2ccccc2)cc1)c1ccc2c(c1)CCCC2. The van der Waals surface area contributed by atoms with Crippen LogP contribution in [0.15, 0.2) is 77.7 Å². The fourth-order valence-electron chi connectivity index (χ4n) is 4.07. The third-order valence-electron chi connectivity index (χ3n) is 5.85. The Morgan fingerprint density at radius 2 is 1.67 bits per heavy atom. The molecule has 154 valence electrons. The molecule has 0 aromatic heterocycles. The maximum Gasteiger partial charge on any atom is 0.251 e. The van der Waals surface area contributed by atoms with Gasteiger partial charge in [-0.25, -0.2) is 0 Å². The third kappa shape index (κ3) is 5.14. The minimum Gasteiger partial charge on any atom is -0.345 e. The Bertz CT molecular complexity index is 982. The number of amides is 1. The summed E-state index contributed by atoms with van der Waals surface area (Å²) in [4.78, 5) is 14.1. The Morgan fingerprint density at radius 1 is 0.933 bits per heavy atom. The van der Waals surface area contributed by atoms with Gasteiger partial charge >= 0.3 is 0 Å². The zero-order chi connectivity index (χ0) is 20.8. The summed E-state index contributed by atoms with van der Waals surface area (Å²) in [5.74, 6) is 0.903. The molecule has 30 heavy (non-hydrogen) atoms. The minimum atomic E-state index is 0.00170. The highest BCUT2D eigenvalue weighted by Crippen LogP contribution is 2.26. The van der Waals surface area contributed by atoms with Crippen molar-refractivity contribution in [1.82, 2.24) is 5.32 Å². The summed E-state index contributed by atoms with van der Waals surface area (Å²) in [7, 11) is 0. The van der Waals surface area contributed by atoms with Crippen LogP contribution in [0.5, 0.6) is 0 Å². The lowest BCUT2D eigenvalue weighted by Gasteiger charge is -2.22. The van der Waals surface area contributed by atoms with E-state index in [0.29, 0.717) is 0 Å². The number of nitrogens with one attached hydrogen (secondary N) is 1. The first kappa shape index (κ1) is 20.7. The van der Waals surface area contributed by atoms with Crippen molar-refractivity contribution in [2.45, 2.75) is 55.7 Å². The number of fused-ring (bicyclic) bond motifs is 1. The molecule has 3 heteroatoms. The van der Waals surface area contributed by atoms with Gasteiger partial charge in [-0.15, -0.1) is 11.8 Å². The number of hydrogen-bond acceptors (Lipinski definition) is 2. The van der Waals surface area contributed by atoms with Crippen LogP contribution in [0.1, 0.15) is 64.8 Å². The van der Waals surface area contributed by atoms with E-state index in [-0.39, 0.29) is 11.9 Å². The quantitative estimate of drug-likeness (QED) is 0.433. The highest BCUT2D eigenvalue weighted by atomic mass is 32.2. The lowest BCUT2D eigenvalue weighted by molar-refractivity contribution is 0.0935. The summed E-state index contributed by atoms with van der Waals surface area (Å²) in [5, 5.41) is 3.24. The number of benzene rings is 3. The first-order valence-electron chi connectivity index (χ1n) is 10.9. The predicted molar refractivity (Wildman–Crippen MR) is 126 cm³/mol. The maximum absolute atomic E-state index is 12.9. The molecule has 0 saturated heterocycles. The van der Waals surface area contributed by atoms with Crippen LogP contribution in [0.3, 0.4) is 0 Å². The standard InChI is InChI=1S/C27H29NOS/c1-2-26(24-17-16-21-8-6-7-9-23(21)18-24)28-27(29)22-14-12-20(13-15-22)19-30-25-10-4-3-5-11-25/h3-5,10-18,26H,2,6-9,19H2,1H3,(H,28,29)/t26-/m0/s1. The van der Waals surface area contributed by atoms with E-state index in [4.69, 9.17) is 0 Å². The number of thioether (sulfide) groups is 1. The van der Waals surface area contributed by atoms with Crippen LogP contribution in [-0.2, 0) is 18.6 Å². The topological polar surface area (TPSA) is 29.1 Å². The van der Waals surface area contributed by atoms with E-state index in [1.54, 1.807) is 0 Å². The van der Waals surface area contributed by atoms with Crippen molar-refractivity contribution < 1.29 is 4.79 Å². The number of aryl methyl sites for hydroxylation is 2. The lowest BCUT2D eigenvalue weighted by atomic mass is 9.88. The number of carbonyl (C=O) groups excluding carboxylic acids is 1. The summed E-state index contributed by atoms with van der Waals surface area (Å²) in [6, 6.07) is 25.2. The molecule has 3 aromatic carbocycles. The summed E-state index contributed by atoms with van der Waals surface area (Å²) >= 11 is 1.81. The van der Waals surface area contributed by atoms with E-state index in [9.17, 15) is 4.79 Å². The molecule has 2 nitrogen and oxygen atoms in total. The van der Waals surface area contributed by atoms with Crippen molar-refractivity contribution >= 4 is 17.7 Å². The van der Waals surface area contributed by atoms with Crippen LogP contribution in [0.2, 0.25) is 0 Å². The molecule has 0 spiro atoms. The highest BCUT2D eigenvalue weighted by Gasteiger charge is 2.17. The van der Waals surface area contributed by atoms with Crippen LogP contribution in [-0.4, -0.2) is 5.91 Å². The second kappa shape index (κ2) is 9.99. The van der Waals surface area contributed by atoms with Crippen LogP contribution in [0.25, 0.3) is 0 Å². The first-order chi connectivity index (χ1) is 14.7. The normalized spacial score (nSPS) is 14.0. The van der Waals surface area contributed by atoms with Gasteiger partial charge in [0.15, 0.2) is 0 Å². The molecular weight excluding hydrogens is 386 g/mol. The highest BCUT2D eigenvalue weighted by molar-refractivity contribution is 7.98. The molecule has 1 atom stereocenters. The largest absolute Gasteiger partial charge is 0.345 e. The molecular formula is C27H29NOS. The molecule has 0 fully saturated rings. The van der Waals surface area contributed by atoms with Crippen molar-refractivity contribution in [1.29, 1.82) is 0 Å². The molecule has 3 aromatic rings. The summed E-state index contributed by atoms with van der Waals surface area (Å²) in [5.41, 5.74) is 6.12. The van der Waals surface area contributed by atoms with Gasteiger partial charge in [-0.1, -0.05) is 55.5 Å². The van der Waals surface area contributed by atoms with Crippen LogP contribution in [0.4, 0.5) is 0 Å². The second-order valence-electron chi connectivity index (χ2n) is 7.97. The van der Waals surface area contributed by atoms with Crippen molar-refractivity contribution in [2.75, 3.05) is 0 Å². The maximum atomic E-state index is 12.9. The molecule has 0 aliphatic heterocycles. The van der Waals surface area contributed by atoms with E-state index in [1.165, 1.54) is 46.4 Å². The summed E-state index contributed by atoms with van der Waals surface area (Å²) < 4.78 is 0. The fraction of sp³-hybridized carbons (Fsp3) is 0.296. The van der Waals surface area contributed by atoms with E-state index in [0.717, 1.165) is 24.2 Å². The van der Waals surface area contributed by atoms with E-state index < -0.39 is 0 Å². The average molecular weight is 416 g/mol. The van der Waals surface area contributed by atoms with E-state index in [2.05, 4.69) is 66.8 Å². The van der Waals surface area contributed by atoms with Crippen molar-refractivity contribution in [2.24, 2.45) is 0 Å². The molecule has 0 radical (unpaired) electrons. The van der Waals surface area contributed by atoms with E-state index in [1.807, 2.05) is 30.0 Å². The van der Waals surface area contributed by atoms with Gasteiger partial charge in [0.25, 0.3) is 5.91 Å². The first-order valence-corrected chi connectivity index (χ1v) is 11.9. The van der Waals surface area contributed by atoms with Crippen LogP contribution < -0.4 is 5.32 Å². The third-order valence-corrected chi connectivity index (χ3v) is 6.94. The molecule has 0 saturated carbocycles. The molecule has 4 rings (SSSR count). The zero-order valence-electron chi connectivity index (χ0n) is 17.6. The van der Waals surface area contributed by atoms with Crippen molar-refractivity contribution in [3.63, 3.8) is 0 Å². The zero-order valence-corrected chi connectivity index (χ0v) is 18.4. The van der Waals surface area contributed by atoms with Gasteiger partial charge in [0.1, 0.15) is 0 Å². The molecule has 1 aliphatic carbocycles. The lowest BCUT2D eigenvalue weighted by Crippen LogP contribution is -2.28. The molecule has 0 unspecified atom stereocenters. The van der Waals surface area contributed by atoms with Gasteiger partial charge in [-0.05, 0) is 78.6 Å². The number of rotatable bonds is 7. The molecule has 0 heterocycles. The Balaban J connectivity index is 1.38. The number of carbonyl (C=O) groups is 1. The average Bonchev–Trinajstić information content (AvgIpc) is 2.81.